The van der Waals surface area contributed by atoms with Crippen molar-refractivity contribution in [3.05, 3.63) is 35.7 Å². The molecule has 0 radical (unpaired) electrons. The van der Waals surface area contributed by atoms with Crippen LogP contribution in [0.2, 0.25) is 0 Å². The van der Waals surface area contributed by atoms with Gasteiger partial charge in [-0.3, -0.25) is 4.79 Å². The molecule has 1 saturated heterocycles. The highest BCUT2D eigenvalue weighted by Gasteiger charge is 2.32. The first kappa shape index (κ1) is 24.2. The van der Waals surface area contributed by atoms with Crippen molar-refractivity contribution in [1.82, 2.24) is 19.1 Å². The smallest absolute Gasteiger partial charge is 0.310 e. The van der Waals surface area contributed by atoms with Crippen LogP contribution < -0.4 is 5.32 Å². The fourth-order valence-corrected chi connectivity index (χ4v) is 5.20. The molecule has 32 heavy (non-hydrogen) atoms. The molecule has 3 rings (SSSR count). The summed E-state index contributed by atoms with van der Waals surface area (Å²) in [5.41, 5.74) is -0.324. The summed E-state index contributed by atoms with van der Waals surface area (Å²) in [7, 11) is -3.31. The van der Waals surface area contributed by atoms with E-state index in [4.69, 9.17) is 0 Å². The molecule has 12 heteroatoms. The Kier molecular flexibility index (Phi) is 7.23. The minimum absolute atomic E-state index is 0.110. The van der Waals surface area contributed by atoms with Gasteiger partial charge in [0.05, 0.1) is 17.0 Å². The van der Waals surface area contributed by atoms with Gasteiger partial charge in [0.1, 0.15) is 5.82 Å². The third-order valence-electron chi connectivity index (χ3n) is 5.35. The number of piperidine rings is 1. The molecule has 2 aromatic rings. The van der Waals surface area contributed by atoms with Gasteiger partial charge in [0, 0.05) is 31.3 Å². The molecule has 8 nitrogen and oxygen atoms in total. The molecular formula is C20H26F3N5O3S. The Morgan fingerprint density at radius 1 is 1.25 bits per heavy atom. The van der Waals surface area contributed by atoms with Crippen LogP contribution in [0.15, 0.2) is 24.4 Å². The predicted molar refractivity (Wildman–Crippen MR) is 113 cm³/mol. The lowest BCUT2D eigenvalue weighted by molar-refractivity contribution is -0.137. The summed E-state index contributed by atoms with van der Waals surface area (Å²) in [6, 6.07) is 3.69. The minimum Gasteiger partial charge on any atom is -0.310 e. The van der Waals surface area contributed by atoms with Gasteiger partial charge < -0.3 is 5.32 Å². The third kappa shape index (κ3) is 5.66. The highest BCUT2D eigenvalue weighted by atomic mass is 32.2. The molecule has 0 unspecified atom stereocenters. The van der Waals surface area contributed by atoms with E-state index in [1.807, 2.05) is 6.92 Å². The van der Waals surface area contributed by atoms with Crippen LogP contribution in [0.1, 0.15) is 43.9 Å². The number of carbonyl (C=O) groups is 1. The average Bonchev–Trinajstić information content (AvgIpc) is 3.11. The lowest BCUT2D eigenvalue weighted by Gasteiger charge is -2.30. The van der Waals surface area contributed by atoms with Crippen molar-refractivity contribution in [2.75, 3.05) is 24.2 Å². The number of pyridine rings is 1. The standard InChI is InChI=1S/C20H26F3N5O3S/c1-3-4-11-32(30,31)27-9-7-15(8-10-27)19(29)25-18-12-14(2)26-28(18)17-6-5-16(13-24-17)20(21,22)23/h5-6,12-13,15H,3-4,7-11H2,1-2H3,(H,25,29). The molecular weight excluding hydrogens is 447 g/mol. The summed E-state index contributed by atoms with van der Waals surface area (Å²) >= 11 is 0. The van der Waals surface area contributed by atoms with Gasteiger partial charge in [-0.05, 0) is 38.3 Å². The van der Waals surface area contributed by atoms with Crippen LogP contribution in [0.5, 0.6) is 0 Å². The number of aryl methyl sites for hydroxylation is 1. The lowest BCUT2D eigenvalue weighted by Crippen LogP contribution is -2.42. The molecule has 0 saturated carbocycles. The number of unbranched alkanes of at least 4 members (excludes halogenated alkanes) is 1. The zero-order valence-corrected chi connectivity index (χ0v) is 18.7. The van der Waals surface area contributed by atoms with Gasteiger partial charge in [-0.15, -0.1) is 0 Å². The Balaban J connectivity index is 1.67. The van der Waals surface area contributed by atoms with E-state index < -0.39 is 21.8 Å². The fraction of sp³-hybridized carbons (Fsp3) is 0.550. The first-order valence-corrected chi connectivity index (χ1v) is 12.0. The van der Waals surface area contributed by atoms with Gasteiger partial charge in [-0.1, -0.05) is 13.3 Å². The van der Waals surface area contributed by atoms with Crippen molar-refractivity contribution < 1.29 is 26.4 Å². The molecule has 1 fully saturated rings. The number of amides is 1. The van der Waals surface area contributed by atoms with E-state index in [-0.39, 0.29) is 42.3 Å². The molecule has 1 N–H and O–H groups in total. The van der Waals surface area contributed by atoms with Crippen LogP contribution in [0.3, 0.4) is 0 Å². The third-order valence-corrected chi connectivity index (χ3v) is 7.31. The van der Waals surface area contributed by atoms with Gasteiger partial charge in [0.15, 0.2) is 5.82 Å². The second-order valence-corrected chi connectivity index (χ2v) is 9.91. The summed E-state index contributed by atoms with van der Waals surface area (Å²) in [5.74, 6) is -0.129. The molecule has 0 aromatic carbocycles. The Hall–Kier alpha value is -2.47. The van der Waals surface area contributed by atoms with Gasteiger partial charge in [-0.2, -0.15) is 23.0 Å². The number of carbonyl (C=O) groups excluding carboxylic acids is 1. The first-order valence-electron chi connectivity index (χ1n) is 10.4. The summed E-state index contributed by atoms with van der Waals surface area (Å²) in [4.78, 5) is 16.6. The minimum atomic E-state index is -4.50. The largest absolute Gasteiger partial charge is 0.417 e. The van der Waals surface area contributed by atoms with Crippen molar-refractivity contribution in [2.45, 2.75) is 45.7 Å². The van der Waals surface area contributed by atoms with E-state index in [0.29, 0.717) is 31.2 Å². The molecule has 0 spiro atoms. The van der Waals surface area contributed by atoms with Crippen molar-refractivity contribution in [3.63, 3.8) is 0 Å². The zero-order chi connectivity index (χ0) is 23.5. The number of halogens is 3. The Morgan fingerprint density at radius 2 is 1.94 bits per heavy atom. The molecule has 176 valence electrons. The second kappa shape index (κ2) is 9.57. The second-order valence-electron chi connectivity index (χ2n) is 7.82. The monoisotopic (exact) mass is 473 g/mol. The number of sulfonamides is 1. The SMILES string of the molecule is CCCCS(=O)(=O)N1CCC(C(=O)Nc2cc(C)nn2-c2ccc(C(F)(F)F)cn2)CC1. The van der Waals surface area contributed by atoms with Crippen molar-refractivity contribution in [2.24, 2.45) is 5.92 Å². The van der Waals surface area contributed by atoms with Crippen molar-refractivity contribution in [3.8, 4) is 5.82 Å². The molecule has 1 aliphatic rings. The predicted octanol–water partition coefficient (Wildman–Crippen LogP) is 3.37. The average molecular weight is 474 g/mol. The van der Waals surface area contributed by atoms with Crippen LogP contribution in [0, 0.1) is 12.8 Å². The number of alkyl halides is 3. The highest BCUT2D eigenvalue weighted by Crippen LogP contribution is 2.29. The Morgan fingerprint density at radius 3 is 2.50 bits per heavy atom. The quantitative estimate of drug-likeness (QED) is 0.665. The van der Waals surface area contributed by atoms with E-state index >= 15 is 0 Å². The van der Waals surface area contributed by atoms with E-state index in [1.165, 1.54) is 15.1 Å². The Labute approximate surface area is 184 Å². The highest BCUT2D eigenvalue weighted by molar-refractivity contribution is 7.89. The summed E-state index contributed by atoms with van der Waals surface area (Å²) in [6.45, 7) is 4.18. The maximum absolute atomic E-state index is 12.8. The van der Waals surface area contributed by atoms with Gasteiger partial charge in [0.25, 0.3) is 0 Å². The van der Waals surface area contributed by atoms with Crippen molar-refractivity contribution >= 4 is 21.7 Å². The van der Waals surface area contributed by atoms with Crippen LogP contribution in [0.4, 0.5) is 19.0 Å². The fourth-order valence-electron chi connectivity index (χ4n) is 3.52. The number of hydrogen-bond acceptors (Lipinski definition) is 5. The first-order chi connectivity index (χ1) is 15.0. The van der Waals surface area contributed by atoms with Crippen LogP contribution in [-0.2, 0) is 21.0 Å². The topological polar surface area (TPSA) is 97.2 Å². The molecule has 3 heterocycles. The number of hydrogen-bond donors (Lipinski definition) is 1. The van der Waals surface area contributed by atoms with E-state index in [9.17, 15) is 26.4 Å². The zero-order valence-electron chi connectivity index (χ0n) is 17.9. The normalized spacial score (nSPS) is 16.3. The number of anilines is 1. The van der Waals surface area contributed by atoms with Crippen LogP contribution in [-0.4, -0.2) is 52.2 Å². The summed E-state index contributed by atoms with van der Waals surface area (Å²) in [6.07, 6.45) is -1.61. The maximum atomic E-state index is 12.8. The van der Waals surface area contributed by atoms with Crippen LogP contribution >= 0.6 is 0 Å². The van der Waals surface area contributed by atoms with Crippen LogP contribution in [0.25, 0.3) is 5.82 Å². The van der Waals surface area contributed by atoms with E-state index in [2.05, 4.69) is 15.4 Å². The summed E-state index contributed by atoms with van der Waals surface area (Å²) < 4.78 is 65.7. The molecule has 0 aliphatic carbocycles. The van der Waals surface area contributed by atoms with E-state index in [0.717, 1.165) is 12.5 Å². The van der Waals surface area contributed by atoms with Gasteiger partial charge in [0.2, 0.25) is 15.9 Å². The summed E-state index contributed by atoms with van der Waals surface area (Å²) in [5, 5.41) is 6.98. The molecule has 1 aliphatic heterocycles. The van der Waals surface area contributed by atoms with Crippen molar-refractivity contribution in [1.29, 1.82) is 0 Å². The molecule has 0 atom stereocenters. The molecule has 1 amide bonds. The number of nitrogens with zero attached hydrogens (tertiary/aromatic N) is 4. The molecule has 0 bridgehead atoms. The lowest BCUT2D eigenvalue weighted by atomic mass is 9.97. The number of nitrogens with one attached hydrogen (secondary N) is 1. The van der Waals surface area contributed by atoms with Gasteiger partial charge in [-0.25, -0.2) is 17.7 Å². The molecule has 2 aromatic heterocycles. The Bertz CT molecular complexity index is 1040. The number of aromatic nitrogens is 3. The number of rotatable bonds is 7. The van der Waals surface area contributed by atoms with E-state index in [1.54, 1.807) is 13.0 Å². The maximum Gasteiger partial charge on any atom is 0.417 e. The van der Waals surface area contributed by atoms with Gasteiger partial charge >= 0.3 is 6.18 Å².